The topological polar surface area (TPSA) is 76.7 Å². The molecule has 0 aliphatic rings. The van der Waals surface area contributed by atoms with E-state index in [1.807, 2.05) is 24.3 Å². The standard InChI is InChI=1S/C20H24N2O4/c1-20(2,3)14-8-10-17(11-9-14)26-13-18(23)21-15-6-5-7-16(12-15)22-19(24)25-4/h5-12H,13H2,1-4H3,(H,21,23)(H,22,24). The van der Waals surface area contributed by atoms with Crippen molar-refractivity contribution in [3.8, 4) is 5.75 Å². The summed E-state index contributed by atoms with van der Waals surface area (Å²) in [6, 6.07) is 14.5. The highest BCUT2D eigenvalue weighted by molar-refractivity contribution is 5.93. The van der Waals surface area contributed by atoms with Gasteiger partial charge in [-0.05, 0) is 41.3 Å². The average Bonchev–Trinajstić information content (AvgIpc) is 2.60. The van der Waals surface area contributed by atoms with E-state index >= 15 is 0 Å². The van der Waals surface area contributed by atoms with Crippen LogP contribution in [0.15, 0.2) is 48.5 Å². The number of ether oxygens (including phenoxy) is 2. The molecule has 6 nitrogen and oxygen atoms in total. The van der Waals surface area contributed by atoms with Crippen LogP contribution in [-0.2, 0) is 14.9 Å². The number of rotatable bonds is 5. The van der Waals surface area contributed by atoms with Gasteiger partial charge in [-0.25, -0.2) is 4.79 Å². The molecule has 0 aliphatic carbocycles. The molecule has 0 fully saturated rings. The van der Waals surface area contributed by atoms with Crippen LogP contribution in [0.4, 0.5) is 16.2 Å². The summed E-state index contributed by atoms with van der Waals surface area (Å²) in [5, 5.41) is 5.26. The summed E-state index contributed by atoms with van der Waals surface area (Å²) in [6.07, 6.45) is -0.574. The van der Waals surface area contributed by atoms with Crippen LogP contribution in [0.25, 0.3) is 0 Å². The van der Waals surface area contributed by atoms with Gasteiger partial charge in [0, 0.05) is 11.4 Å². The number of methoxy groups -OCH3 is 1. The van der Waals surface area contributed by atoms with Crippen LogP contribution in [0.1, 0.15) is 26.3 Å². The largest absolute Gasteiger partial charge is 0.484 e. The van der Waals surface area contributed by atoms with Crippen molar-refractivity contribution in [2.24, 2.45) is 0 Å². The van der Waals surface area contributed by atoms with E-state index in [2.05, 4.69) is 36.1 Å². The molecule has 26 heavy (non-hydrogen) atoms. The van der Waals surface area contributed by atoms with Crippen LogP contribution < -0.4 is 15.4 Å². The van der Waals surface area contributed by atoms with E-state index in [0.717, 1.165) is 0 Å². The fourth-order valence-corrected chi connectivity index (χ4v) is 2.24. The van der Waals surface area contributed by atoms with Gasteiger partial charge in [0.15, 0.2) is 6.61 Å². The van der Waals surface area contributed by atoms with Gasteiger partial charge in [-0.2, -0.15) is 0 Å². The summed E-state index contributed by atoms with van der Waals surface area (Å²) >= 11 is 0. The lowest BCUT2D eigenvalue weighted by Gasteiger charge is -2.19. The number of hydrogen-bond donors (Lipinski definition) is 2. The molecule has 6 heteroatoms. The maximum atomic E-state index is 12.1. The monoisotopic (exact) mass is 356 g/mol. The van der Waals surface area contributed by atoms with Gasteiger partial charge in [0.1, 0.15) is 5.75 Å². The zero-order chi connectivity index (χ0) is 19.2. The van der Waals surface area contributed by atoms with Crippen molar-refractivity contribution in [2.75, 3.05) is 24.4 Å². The van der Waals surface area contributed by atoms with Gasteiger partial charge in [0.05, 0.1) is 7.11 Å². The molecule has 0 spiro atoms. The summed E-state index contributed by atoms with van der Waals surface area (Å²) in [4.78, 5) is 23.3. The maximum Gasteiger partial charge on any atom is 0.411 e. The first-order valence-corrected chi connectivity index (χ1v) is 8.26. The summed E-state index contributed by atoms with van der Waals surface area (Å²) < 4.78 is 10.1. The molecule has 0 aliphatic heterocycles. The van der Waals surface area contributed by atoms with E-state index in [4.69, 9.17) is 4.74 Å². The van der Waals surface area contributed by atoms with Gasteiger partial charge in [-0.15, -0.1) is 0 Å². The minimum absolute atomic E-state index is 0.0686. The normalized spacial score (nSPS) is 10.8. The zero-order valence-corrected chi connectivity index (χ0v) is 15.5. The number of benzene rings is 2. The molecule has 2 rings (SSSR count). The summed E-state index contributed by atoms with van der Waals surface area (Å²) in [7, 11) is 1.28. The van der Waals surface area contributed by atoms with E-state index in [0.29, 0.717) is 17.1 Å². The van der Waals surface area contributed by atoms with Gasteiger partial charge in [-0.3, -0.25) is 10.1 Å². The number of amides is 2. The molecule has 138 valence electrons. The van der Waals surface area contributed by atoms with E-state index in [-0.39, 0.29) is 17.9 Å². The lowest BCUT2D eigenvalue weighted by Crippen LogP contribution is -2.20. The fourth-order valence-electron chi connectivity index (χ4n) is 2.24. The zero-order valence-electron chi connectivity index (χ0n) is 15.5. The molecule has 0 atom stereocenters. The Morgan fingerprint density at radius 2 is 1.58 bits per heavy atom. The Balaban J connectivity index is 1.89. The molecule has 0 saturated carbocycles. The first kappa shape index (κ1) is 19.3. The Hall–Kier alpha value is -3.02. The summed E-state index contributed by atoms with van der Waals surface area (Å²) in [6.45, 7) is 6.31. The van der Waals surface area contributed by atoms with E-state index in [9.17, 15) is 9.59 Å². The van der Waals surface area contributed by atoms with Crippen LogP contribution in [0.3, 0.4) is 0 Å². The van der Waals surface area contributed by atoms with Crippen molar-refractivity contribution in [1.29, 1.82) is 0 Å². The smallest absolute Gasteiger partial charge is 0.411 e. The highest BCUT2D eigenvalue weighted by Gasteiger charge is 2.13. The van der Waals surface area contributed by atoms with Gasteiger partial charge < -0.3 is 14.8 Å². The quantitative estimate of drug-likeness (QED) is 0.842. The number of nitrogens with one attached hydrogen (secondary N) is 2. The first-order valence-electron chi connectivity index (χ1n) is 8.26. The molecule has 0 aromatic heterocycles. The van der Waals surface area contributed by atoms with Crippen molar-refractivity contribution in [3.63, 3.8) is 0 Å². The van der Waals surface area contributed by atoms with Gasteiger partial charge in [0.2, 0.25) is 0 Å². The van der Waals surface area contributed by atoms with Crippen molar-refractivity contribution in [3.05, 3.63) is 54.1 Å². The second-order valence-electron chi connectivity index (χ2n) is 6.81. The number of hydrogen-bond acceptors (Lipinski definition) is 4. The number of carbonyl (C=O) groups is 2. The molecule has 2 aromatic carbocycles. The molecule has 0 unspecified atom stereocenters. The third kappa shape index (κ3) is 5.81. The van der Waals surface area contributed by atoms with Crippen LogP contribution in [0.2, 0.25) is 0 Å². The minimum atomic E-state index is -0.574. The molecular weight excluding hydrogens is 332 g/mol. The van der Waals surface area contributed by atoms with Gasteiger partial charge in [0.25, 0.3) is 5.91 Å². The lowest BCUT2D eigenvalue weighted by molar-refractivity contribution is -0.118. The second-order valence-corrected chi connectivity index (χ2v) is 6.81. The van der Waals surface area contributed by atoms with Gasteiger partial charge in [-0.1, -0.05) is 39.0 Å². The molecule has 2 amide bonds. The molecule has 0 bridgehead atoms. The number of anilines is 2. The summed E-state index contributed by atoms with van der Waals surface area (Å²) in [5.74, 6) is 0.342. The predicted octanol–water partition coefficient (Wildman–Crippen LogP) is 4.18. The Morgan fingerprint density at radius 1 is 0.962 bits per heavy atom. The predicted molar refractivity (Wildman–Crippen MR) is 102 cm³/mol. The van der Waals surface area contributed by atoms with Crippen LogP contribution in [-0.4, -0.2) is 25.7 Å². The Labute approximate surface area is 153 Å². The SMILES string of the molecule is COC(=O)Nc1cccc(NC(=O)COc2ccc(C(C)(C)C)cc2)c1. The van der Waals surface area contributed by atoms with Crippen LogP contribution in [0.5, 0.6) is 5.75 Å². The molecule has 0 saturated heterocycles. The maximum absolute atomic E-state index is 12.1. The van der Waals surface area contributed by atoms with E-state index < -0.39 is 6.09 Å². The van der Waals surface area contributed by atoms with Crippen LogP contribution in [0, 0.1) is 0 Å². The Morgan fingerprint density at radius 3 is 2.15 bits per heavy atom. The average molecular weight is 356 g/mol. The van der Waals surface area contributed by atoms with Crippen molar-refractivity contribution in [2.45, 2.75) is 26.2 Å². The third-order valence-electron chi connectivity index (χ3n) is 3.67. The lowest BCUT2D eigenvalue weighted by atomic mass is 9.87. The Bertz CT molecular complexity index is 764. The molecule has 2 N–H and O–H groups in total. The third-order valence-corrected chi connectivity index (χ3v) is 3.67. The van der Waals surface area contributed by atoms with Crippen molar-refractivity contribution < 1.29 is 19.1 Å². The van der Waals surface area contributed by atoms with Gasteiger partial charge >= 0.3 is 6.09 Å². The van der Waals surface area contributed by atoms with E-state index in [1.165, 1.54) is 12.7 Å². The molecular formula is C20H24N2O4. The molecule has 0 radical (unpaired) electrons. The molecule has 2 aromatic rings. The Kier molecular flexibility index (Phi) is 6.22. The minimum Gasteiger partial charge on any atom is -0.484 e. The van der Waals surface area contributed by atoms with E-state index in [1.54, 1.807) is 24.3 Å². The van der Waals surface area contributed by atoms with Crippen molar-refractivity contribution >= 4 is 23.4 Å². The number of carbonyl (C=O) groups excluding carboxylic acids is 2. The highest BCUT2D eigenvalue weighted by Crippen LogP contribution is 2.24. The fraction of sp³-hybridized carbons (Fsp3) is 0.300. The summed E-state index contributed by atoms with van der Waals surface area (Å²) in [5.41, 5.74) is 2.34. The first-order chi connectivity index (χ1) is 12.3. The highest BCUT2D eigenvalue weighted by atomic mass is 16.5. The van der Waals surface area contributed by atoms with Crippen molar-refractivity contribution in [1.82, 2.24) is 0 Å². The van der Waals surface area contributed by atoms with Crippen LogP contribution >= 0.6 is 0 Å². The molecule has 0 heterocycles. The second kappa shape index (κ2) is 8.38.